The Kier molecular flexibility index (Phi) is 6.15. The van der Waals surface area contributed by atoms with Crippen molar-refractivity contribution in [2.45, 2.75) is 36.5 Å². The maximum Gasteiger partial charge on any atom is 0.244 e. The molecule has 2 aliphatic rings. The van der Waals surface area contributed by atoms with Crippen molar-refractivity contribution >= 4 is 26.8 Å². The molecule has 3 heterocycles. The lowest BCUT2D eigenvalue weighted by atomic mass is 9.88. The Morgan fingerprint density at radius 1 is 0.941 bits per heavy atom. The average molecular weight is 477 g/mol. The van der Waals surface area contributed by atoms with Crippen molar-refractivity contribution in [2.24, 2.45) is 5.92 Å². The zero-order valence-electron chi connectivity index (χ0n) is 19.0. The monoisotopic (exact) mass is 476 g/mol. The average Bonchev–Trinajstić information content (AvgIpc) is 3.32. The quantitative estimate of drug-likeness (QED) is 0.619. The molecule has 1 amide bonds. The fourth-order valence-electron chi connectivity index (χ4n) is 5.37. The number of sulfonamides is 1. The second kappa shape index (κ2) is 9.24. The smallest absolute Gasteiger partial charge is 0.244 e. The Bertz CT molecular complexity index is 1340. The molecule has 0 unspecified atom stereocenters. The molecule has 2 aliphatic heterocycles. The van der Waals surface area contributed by atoms with E-state index in [-0.39, 0.29) is 22.3 Å². The number of benzene rings is 2. The third-order valence-corrected chi connectivity index (χ3v) is 9.25. The molecule has 8 heteroatoms. The third kappa shape index (κ3) is 4.10. The molecule has 2 saturated heterocycles. The first-order valence-corrected chi connectivity index (χ1v) is 13.3. The maximum absolute atomic E-state index is 13.2. The Labute approximate surface area is 200 Å². The Balaban J connectivity index is 1.19. The summed E-state index contributed by atoms with van der Waals surface area (Å²) in [4.78, 5) is 18.6. The zero-order chi connectivity index (χ0) is 23.7. The summed E-state index contributed by atoms with van der Waals surface area (Å²) in [6, 6.07) is 16.6. The van der Waals surface area contributed by atoms with E-state index < -0.39 is 10.0 Å². The number of para-hydroxylation sites is 1. The molecule has 1 N–H and O–H groups in total. The van der Waals surface area contributed by atoms with E-state index in [1.807, 2.05) is 17.0 Å². The van der Waals surface area contributed by atoms with Crippen molar-refractivity contribution in [1.29, 1.82) is 5.26 Å². The van der Waals surface area contributed by atoms with Gasteiger partial charge in [0.2, 0.25) is 15.9 Å². The van der Waals surface area contributed by atoms with Gasteiger partial charge in [-0.1, -0.05) is 30.3 Å². The number of fused-ring (bicyclic) bond motifs is 1. The van der Waals surface area contributed by atoms with Gasteiger partial charge in [-0.25, -0.2) is 8.42 Å². The summed E-state index contributed by atoms with van der Waals surface area (Å²) in [5.74, 6) is 0.432. The summed E-state index contributed by atoms with van der Waals surface area (Å²) >= 11 is 0. The molecule has 34 heavy (non-hydrogen) atoms. The van der Waals surface area contributed by atoms with Gasteiger partial charge in [0.25, 0.3) is 0 Å². The molecule has 0 bridgehead atoms. The molecule has 0 atom stereocenters. The van der Waals surface area contributed by atoms with Crippen LogP contribution in [0.2, 0.25) is 0 Å². The minimum Gasteiger partial charge on any atom is -0.361 e. The molecular weight excluding hydrogens is 448 g/mol. The van der Waals surface area contributed by atoms with Crippen LogP contribution in [0, 0.1) is 17.2 Å². The van der Waals surface area contributed by atoms with Crippen LogP contribution in [0.4, 0.5) is 0 Å². The van der Waals surface area contributed by atoms with Crippen molar-refractivity contribution in [1.82, 2.24) is 14.2 Å². The first kappa shape index (κ1) is 22.6. The van der Waals surface area contributed by atoms with Crippen LogP contribution in [-0.2, 0) is 14.8 Å². The normalized spacial score (nSPS) is 18.7. The van der Waals surface area contributed by atoms with Crippen molar-refractivity contribution in [3.63, 3.8) is 0 Å². The Hall–Kier alpha value is -3.15. The fourth-order valence-corrected chi connectivity index (χ4v) is 6.98. The number of carbonyl (C=O) groups excluding carboxylic acids is 1. The van der Waals surface area contributed by atoms with Gasteiger partial charge >= 0.3 is 0 Å². The zero-order valence-corrected chi connectivity index (χ0v) is 19.8. The molecule has 176 valence electrons. The Morgan fingerprint density at radius 2 is 1.62 bits per heavy atom. The van der Waals surface area contributed by atoms with Crippen LogP contribution in [0.5, 0.6) is 0 Å². The number of hydrogen-bond donors (Lipinski definition) is 1. The van der Waals surface area contributed by atoms with Crippen molar-refractivity contribution in [2.75, 3.05) is 26.2 Å². The molecule has 3 aromatic rings. The van der Waals surface area contributed by atoms with Crippen LogP contribution in [0.3, 0.4) is 0 Å². The minimum absolute atomic E-state index is 0.0432. The highest BCUT2D eigenvalue weighted by Crippen LogP contribution is 2.34. The maximum atomic E-state index is 13.2. The van der Waals surface area contributed by atoms with E-state index in [1.54, 1.807) is 12.1 Å². The molecule has 0 spiro atoms. The number of carbonyl (C=O) groups is 1. The predicted molar refractivity (Wildman–Crippen MR) is 129 cm³/mol. The molecular formula is C26H28N4O3S. The van der Waals surface area contributed by atoms with E-state index in [4.69, 9.17) is 0 Å². The molecule has 2 aromatic carbocycles. The standard InChI is InChI=1S/C26H28N4O3S/c27-17-21-5-1-4-8-25(21)34(32,33)30-15-11-20(12-16-30)26(31)29-13-9-19(10-14-29)23-18-28-24-7-3-2-6-22(23)24/h1-8,18-20,28H,9-16H2. The summed E-state index contributed by atoms with van der Waals surface area (Å²) in [5, 5.41) is 10.5. The van der Waals surface area contributed by atoms with E-state index in [0.717, 1.165) is 31.4 Å². The number of piperidine rings is 2. The number of nitriles is 1. The van der Waals surface area contributed by atoms with Gasteiger partial charge in [-0.3, -0.25) is 4.79 Å². The van der Waals surface area contributed by atoms with Gasteiger partial charge in [-0.05, 0) is 55.4 Å². The second-order valence-electron chi connectivity index (χ2n) is 9.18. The number of likely N-dealkylation sites (tertiary alicyclic amines) is 1. The van der Waals surface area contributed by atoms with Crippen LogP contribution in [-0.4, -0.2) is 54.7 Å². The lowest BCUT2D eigenvalue weighted by Crippen LogP contribution is -2.46. The van der Waals surface area contributed by atoms with Crippen LogP contribution < -0.4 is 0 Å². The summed E-state index contributed by atoms with van der Waals surface area (Å²) in [6.45, 7) is 2.06. The first-order chi connectivity index (χ1) is 16.5. The fraction of sp³-hybridized carbons (Fsp3) is 0.385. The SMILES string of the molecule is N#Cc1ccccc1S(=O)(=O)N1CCC(C(=O)N2CCC(c3c[nH]c4ccccc34)CC2)CC1. The van der Waals surface area contributed by atoms with E-state index >= 15 is 0 Å². The van der Waals surface area contributed by atoms with E-state index in [1.165, 1.54) is 27.4 Å². The van der Waals surface area contributed by atoms with Crippen LogP contribution in [0.15, 0.2) is 59.6 Å². The van der Waals surface area contributed by atoms with Crippen LogP contribution >= 0.6 is 0 Å². The number of hydrogen-bond acceptors (Lipinski definition) is 4. The second-order valence-corrected chi connectivity index (χ2v) is 11.1. The number of amides is 1. The van der Waals surface area contributed by atoms with E-state index in [0.29, 0.717) is 31.8 Å². The van der Waals surface area contributed by atoms with Crippen molar-refractivity contribution in [3.05, 3.63) is 65.9 Å². The number of rotatable bonds is 4. The van der Waals surface area contributed by atoms with Crippen molar-refractivity contribution in [3.8, 4) is 6.07 Å². The van der Waals surface area contributed by atoms with Crippen LogP contribution in [0.25, 0.3) is 10.9 Å². The van der Waals surface area contributed by atoms with Crippen molar-refractivity contribution < 1.29 is 13.2 Å². The van der Waals surface area contributed by atoms with Gasteiger partial charge in [-0.2, -0.15) is 9.57 Å². The summed E-state index contributed by atoms with van der Waals surface area (Å²) in [6.07, 6.45) is 5.00. The molecule has 5 rings (SSSR count). The highest BCUT2D eigenvalue weighted by Gasteiger charge is 2.36. The van der Waals surface area contributed by atoms with E-state index in [2.05, 4.69) is 29.4 Å². The number of aromatic amines is 1. The number of aromatic nitrogens is 1. The molecule has 7 nitrogen and oxygen atoms in total. The third-order valence-electron chi connectivity index (χ3n) is 7.30. The van der Waals surface area contributed by atoms with Gasteiger partial charge in [0.05, 0.1) is 10.5 Å². The molecule has 2 fully saturated rings. The van der Waals surface area contributed by atoms with Gasteiger partial charge < -0.3 is 9.88 Å². The molecule has 1 aromatic heterocycles. The van der Waals surface area contributed by atoms with Gasteiger partial charge in [0.1, 0.15) is 6.07 Å². The number of H-pyrrole nitrogens is 1. The Morgan fingerprint density at radius 3 is 2.35 bits per heavy atom. The first-order valence-electron chi connectivity index (χ1n) is 11.8. The highest BCUT2D eigenvalue weighted by molar-refractivity contribution is 7.89. The number of nitrogens with one attached hydrogen (secondary N) is 1. The van der Waals surface area contributed by atoms with Gasteiger partial charge in [-0.15, -0.1) is 0 Å². The predicted octanol–water partition coefficient (Wildman–Crippen LogP) is 3.85. The largest absolute Gasteiger partial charge is 0.361 e. The lowest BCUT2D eigenvalue weighted by Gasteiger charge is -2.37. The van der Waals surface area contributed by atoms with Gasteiger partial charge in [0, 0.05) is 49.2 Å². The van der Waals surface area contributed by atoms with Gasteiger partial charge in [0.15, 0.2) is 0 Å². The summed E-state index contributed by atoms with van der Waals surface area (Å²) in [5.41, 5.74) is 2.63. The molecule has 0 aliphatic carbocycles. The molecule has 0 radical (unpaired) electrons. The number of nitrogens with zero attached hydrogens (tertiary/aromatic N) is 3. The molecule has 0 saturated carbocycles. The minimum atomic E-state index is -3.75. The van der Waals surface area contributed by atoms with E-state index in [9.17, 15) is 18.5 Å². The lowest BCUT2D eigenvalue weighted by molar-refractivity contribution is -0.137. The summed E-state index contributed by atoms with van der Waals surface area (Å²) < 4.78 is 27.5. The topological polar surface area (TPSA) is 97.3 Å². The highest BCUT2D eigenvalue weighted by atomic mass is 32.2. The van der Waals surface area contributed by atoms with Crippen LogP contribution in [0.1, 0.15) is 42.7 Å². The summed E-state index contributed by atoms with van der Waals surface area (Å²) in [7, 11) is -3.75.